The van der Waals surface area contributed by atoms with Crippen molar-refractivity contribution in [2.45, 2.75) is 45.6 Å². The van der Waals surface area contributed by atoms with E-state index >= 15 is 0 Å². The van der Waals surface area contributed by atoms with E-state index in [-0.39, 0.29) is 12.0 Å². The third kappa shape index (κ3) is 7.04. The first-order chi connectivity index (χ1) is 22.9. The van der Waals surface area contributed by atoms with Crippen LogP contribution in [0.3, 0.4) is 0 Å². The Bertz CT molecular complexity index is 2030. The summed E-state index contributed by atoms with van der Waals surface area (Å²) in [4.78, 5) is 29.6. The van der Waals surface area contributed by atoms with Crippen LogP contribution in [-0.4, -0.2) is 66.1 Å². The lowest BCUT2D eigenvalue weighted by Crippen LogP contribution is -2.36. The number of carbonyl (C=O) groups is 2. The summed E-state index contributed by atoms with van der Waals surface area (Å²) in [5.41, 5.74) is 3.56. The van der Waals surface area contributed by atoms with Crippen LogP contribution >= 0.6 is 0 Å². The topological polar surface area (TPSA) is 150 Å². The van der Waals surface area contributed by atoms with Gasteiger partial charge in [0.25, 0.3) is 0 Å². The number of hydrogen-bond acceptors (Lipinski definition) is 7. The Morgan fingerprint density at radius 2 is 1.77 bits per heavy atom. The molecule has 0 radical (unpaired) electrons. The lowest BCUT2D eigenvalue weighted by molar-refractivity contribution is 0.132. The molecule has 48 heavy (non-hydrogen) atoms. The number of fused-ring (bicyclic) bond motifs is 1. The Balaban J connectivity index is 1.19. The van der Waals surface area contributed by atoms with Crippen molar-refractivity contribution >= 4 is 50.8 Å². The summed E-state index contributed by atoms with van der Waals surface area (Å²) < 4.78 is 35.3. The minimum atomic E-state index is -3.96. The van der Waals surface area contributed by atoms with Gasteiger partial charge in [-0.15, -0.1) is 0 Å². The quantitative estimate of drug-likeness (QED) is 0.206. The van der Waals surface area contributed by atoms with Gasteiger partial charge in [-0.2, -0.15) is 13.5 Å². The van der Waals surface area contributed by atoms with Crippen LogP contribution in [0.2, 0.25) is 0 Å². The fourth-order valence-corrected chi connectivity index (χ4v) is 6.57. The maximum atomic E-state index is 13.5. The predicted octanol–water partition coefficient (Wildman–Crippen LogP) is 5.75. The standard InChI is InChI=1S/C34H38N8O5S/c1-34(2,3)30-20-31(42(38-30)25-13-11-24(12-14-25)22-41-40(4)33(44)39-48(41,45)46)37-32(43)36-28-15-16-29(27-10-6-5-9-26(27)28)47-19-17-23-8-7-18-35-21-23/h5-6,8-16,20-21H,7,17-19,22H2,1-4H3,(H,39,44)(H2,36,37,43). The zero-order valence-corrected chi connectivity index (χ0v) is 28.0. The third-order valence-electron chi connectivity index (χ3n) is 8.04. The number of aromatic nitrogens is 2. The number of rotatable bonds is 9. The number of carbonyl (C=O) groups excluding carboxylic acids is 2. The van der Waals surface area contributed by atoms with Crippen molar-refractivity contribution in [2.75, 3.05) is 30.8 Å². The molecule has 1 fully saturated rings. The fourth-order valence-electron chi connectivity index (χ4n) is 5.40. The number of amides is 4. The zero-order chi connectivity index (χ0) is 34.1. The first kappa shape index (κ1) is 32.7. The van der Waals surface area contributed by atoms with Crippen LogP contribution < -0.4 is 20.1 Å². The molecule has 4 amide bonds. The second-order valence-electron chi connectivity index (χ2n) is 12.6. The number of hydrogen-bond donors (Lipinski definition) is 3. The van der Waals surface area contributed by atoms with Gasteiger partial charge in [-0.3, -0.25) is 10.3 Å². The van der Waals surface area contributed by atoms with Gasteiger partial charge >= 0.3 is 22.3 Å². The SMILES string of the molecule is CN1C(=O)NS(=O)(=O)N1Cc1ccc(-n2nc(C(C)(C)C)cc2NC(=O)Nc2ccc(OCCC3=CCCN=C3)c3ccccc23)cc1. The van der Waals surface area contributed by atoms with Gasteiger partial charge in [-0.25, -0.2) is 24.0 Å². The first-order valence-electron chi connectivity index (χ1n) is 15.6. The molecule has 0 unspecified atom stereocenters. The van der Waals surface area contributed by atoms with Gasteiger partial charge in [0.05, 0.1) is 30.2 Å². The highest BCUT2D eigenvalue weighted by Crippen LogP contribution is 2.33. The van der Waals surface area contributed by atoms with Gasteiger partial charge in [0.15, 0.2) is 0 Å². The Morgan fingerprint density at radius 3 is 2.44 bits per heavy atom. The fraction of sp³-hybridized carbons (Fsp3) is 0.294. The van der Waals surface area contributed by atoms with E-state index in [1.807, 2.05) is 74.2 Å². The van der Waals surface area contributed by atoms with Gasteiger partial charge in [0.1, 0.15) is 11.6 Å². The summed E-state index contributed by atoms with van der Waals surface area (Å²) in [6.45, 7) is 7.41. The maximum absolute atomic E-state index is 13.5. The van der Waals surface area contributed by atoms with E-state index in [0.717, 1.165) is 51.0 Å². The van der Waals surface area contributed by atoms with E-state index in [2.05, 4.69) is 21.7 Å². The Hall–Kier alpha value is -5.21. The van der Waals surface area contributed by atoms with Crippen LogP contribution in [0.1, 0.15) is 44.9 Å². The third-order valence-corrected chi connectivity index (χ3v) is 9.40. The largest absolute Gasteiger partial charge is 0.493 e. The molecule has 0 bridgehead atoms. The van der Waals surface area contributed by atoms with Crippen molar-refractivity contribution in [3.05, 3.63) is 89.6 Å². The minimum absolute atomic E-state index is 0.0393. The molecule has 3 N–H and O–H groups in total. The monoisotopic (exact) mass is 670 g/mol. The van der Waals surface area contributed by atoms with Crippen LogP contribution in [0.4, 0.5) is 21.1 Å². The van der Waals surface area contributed by atoms with Crippen LogP contribution in [0.15, 0.2) is 83.4 Å². The second kappa shape index (κ2) is 13.1. The molecule has 0 atom stereocenters. The number of benzene rings is 3. The Morgan fingerprint density at radius 1 is 1.02 bits per heavy atom. The smallest absolute Gasteiger partial charge is 0.347 e. The molecule has 1 aromatic heterocycles. The van der Waals surface area contributed by atoms with E-state index < -0.39 is 22.3 Å². The predicted molar refractivity (Wildman–Crippen MR) is 186 cm³/mol. The molecule has 250 valence electrons. The number of hydrazine groups is 1. The van der Waals surface area contributed by atoms with Crippen molar-refractivity contribution in [3.63, 3.8) is 0 Å². The highest BCUT2D eigenvalue weighted by atomic mass is 32.2. The normalized spacial score (nSPS) is 16.1. The zero-order valence-electron chi connectivity index (χ0n) is 27.2. The number of dihydropyridines is 1. The summed E-state index contributed by atoms with van der Waals surface area (Å²) in [6, 6.07) is 19.2. The maximum Gasteiger partial charge on any atom is 0.347 e. The lowest BCUT2D eigenvalue weighted by Gasteiger charge is -2.20. The Kier molecular flexibility index (Phi) is 8.95. The van der Waals surface area contributed by atoms with Gasteiger partial charge in [-0.05, 0) is 41.8 Å². The van der Waals surface area contributed by atoms with Crippen molar-refractivity contribution in [1.82, 2.24) is 23.9 Å². The average Bonchev–Trinajstić information content (AvgIpc) is 3.56. The lowest BCUT2D eigenvalue weighted by atomic mass is 9.92. The van der Waals surface area contributed by atoms with Crippen molar-refractivity contribution in [1.29, 1.82) is 0 Å². The molecule has 1 saturated heterocycles. The molecule has 3 heterocycles. The van der Waals surface area contributed by atoms with Gasteiger partial charge in [0, 0.05) is 48.5 Å². The van der Waals surface area contributed by atoms with Gasteiger partial charge in [-0.1, -0.05) is 67.7 Å². The van der Waals surface area contributed by atoms with Crippen molar-refractivity contribution < 1.29 is 22.7 Å². The van der Waals surface area contributed by atoms with Crippen LogP contribution in [0.5, 0.6) is 5.75 Å². The van der Waals surface area contributed by atoms with Crippen LogP contribution in [0, 0.1) is 0 Å². The second-order valence-corrected chi connectivity index (χ2v) is 14.2. The summed E-state index contributed by atoms with van der Waals surface area (Å²) in [5.74, 6) is 1.18. The van der Waals surface area contributed by atoms with E-state index in [9.17, 15) is 18.0 Å². The van der Waals surface area contributed by atoms with Crippen LogP contribution in [-0.2, 0) is 22.2 Å². The number of nitrogens with one attached hydrogen (secondary N) is 3. The van der Waals surface area contributed by atoms with E-state index in [4.69, 9.17) is 9.84 Å². The van der Waals surface area contributed by atoms with Crippen molar-refractivity contribution in [2.24, 2.45) is 4.99 Å². The minimum Gasteiger partial charge on any atom is -0.493 e. The average molecular weight is 671 g/mol. The molecule has 0 saturated carbocycles. The summed E-state index contributed by atoms with van der Waals surface area (Å²) in [6.07, 6.45) is 5.82. The number of anilines is 2. The van der Waals surface area contributed by atoms with E-state index in [1.54, 1.807) is 28.9 Å². The number of aliphatic imine (C=N–C) groups is 1. The summed E-state index contributed by atoms with van der Waals surface area (Å²) >= 11 is 0. The van der Waals surface area contributed by atoms with E-state index in [1.165, 1.54) is 12.6 Å². The number of ether oxygens (including phenoxy) is 1. The molecule has 14 heteroatoms. The molecule has 2 aliphatic rings. The Labute approximate surface area is 279 Å². The molecule has 3 aromatic carbocycles. The molecule has 4 aromatic rings. The van der Waals surface area contributed by atoms with Gasteiger partial charge in [0.2, 0.25) is 0 Å². The number of urea groups is 2. The molecular weight excluding hydrogens is 632 g/mol. The van der Waals surface area contributed by atoms with E-state index in [0.29, 0.717) is 29.4 Å². The summed E-state index contributed by atoms with van der Waals surface area (Å²) in [7, 11) is -2.57. The first-order valence-corrected chi connectivity index (χ1v) is 17.0. The highest BCUT2D eigenvalue weighted by molar-refractivity contribution is 7.88. The van der Waals surface area contributed by atoms with Crippen LogP contribution in [0.25, 0.3) is 16.5 Å². The molecule has 0 spiro atoms. The molecule has 0 aliphatic carbocycles. The summed E-state index contributed by atoms with van der Waals surface area (Å²) in [5, 5.41) is 13.5. The molecule has 6 rings (SSSR count). The highest BCUT2D eigenvalue weighted by Gasteiger charge is 2.38. The van der Waals surface area contributed by atoms with Crippen molar-refractivity contribution in [3.8, 4) is 11.4 Å². The molecule has 2 aliphatic heterocycles. The molecular formula is C34H38N8O5S. The molecule has 13 nitrogen and oxygen atoms in total. The van der Waals surface area contributed by atoms with Gasteiger partial charge < -0.3 is 10.1 Å². The number of nitrogens with zero attached hydrogens (tertiary/aromatic N) is 5.